The molecule has 2 aromatic rings. The van der Waals surface area contributed by atoms with Crippen LogP contribution in [0.5, 0.6) is 0 Å². The molecule has 2 N–H and O–H groups in total. The number of hydrogen-bond acceptors (Lipinski definition) is 5. The summed E-state index contributed by atoms with van der Waals surface area (Å²) in [6.07, 6.45) is 3.32. The van der Waals surface area contributed by atoms with Crippen molar-refractivity contribution in [3.8, 4) is 0 Å². The second-order valence-electron chi connectivity index (χ2n) is 3.90. The minimum Gasteiger partial charge on any atom is -0.423 e. The lowest BCUT2D eigenvalue weighted by Gasteiger charge is -2.20. The zero-order valence-corrected chi connectivity index (χ0v) is 8.93. The Balaban J connectivity index is 2.42. The van der Waals surface area contributed by atoms with Crippen molar-refractivity contribution in [1.29, 1.82) is 0 Å². The van der Waals surface area contributed by atoms with Gasteiger partial charge in [0.1, 0.15) is 5.54 Å². The maximum absolute atomic E-state index is 5.61. The SMILES string of the molecule is Cc1nnc(C(C)(C)n2cc(N)cn2)o1. The molecule has 2 heterocycles. The van der Waals surface area contributed by atoms with Crippen LogP contribution in [0.15, 0.2) is 16.8 Å². The van der Waals surface area contributed by atoms with Crippen LogP contribution in [0, 0.1) is 6.92 Å². The van der Waals surface area contributed by atoms with Crippen LogP contribution in [0.4, 0.5) is 5.69 Å². The van der Waals surface area contributed by atoms with Crippen LogP contribution in [-0.2, 0) is 5.54 Å². The molecule has 0 aliphatic heterocycles. The van der Waals surface area contributed by atoms with Crippen LogP contribution in [0.1, 0.15) is 25.6 Å². The molecule has 0 bridgehead atoms. The first kappa shape index (κ1) is 9.70. The first-order valence-electron chi connectivity index (χ1n) is 4.61. The van der Waals surface area contributed by atoms with Gasteiger partial charge in [-0.25, -0.2) is 0 Å². The average Bonchev–Trinajstić information content (AvgIpc) is 2.74. The molecule has 2 rings (SSSR count). The quantitative estimate of drug-likeness (QED) is 0.792. The topological polar surface area (TPSA) is 82.8 Å². The summed E-state index contributed by atoms with van der Waals surface area (Å²) in [5.41, 5.74) is 5.73. The highest BCUT2D eigenvalue weighted by molar-refractivity contribution is 5.31. The predicted molar refractivity (Wildman–Crippen MR) is 54.1 cm³/mol. The summed E-state index contributed by atoms with van der Waals surface area (Å²) < 4.78 is 7.09. The first-order chi connectivity index (χ1) is 7.00. The number of aromatic nitrogens is 4. The van der Waals surface area contributed by atoms with Gasteiger partial charge in [0, 0.05) is 13.1 Å². The minimum absolute atomic E-state index is 0.487. The van der Waals surface area contributed by atoms with Gasteiger partial charge in [0.05, 0.1) is 11.9 Å². The molecule has 0 saturated heterocycles. The summed E-state index contributed by atoms with van der Waals surface area (Å²) in [5, 5.41) is 11.9. The molecular weight excluding hydrogens is 194 g/mol. The third-order valence-corrected chi connectivity index (χ3v) is 2.22. The summed E-state index contributed by atoms with van der Waals surface area (Å²) in [6.45, 7) is 5.63. The van der Waals surface area contributed by atoms with E-state index in [4.69, 9.17) is 10.2 Å². The van der Waals surface area contributed by atoms with E-state index in [1.165, 1.54) is 0 Å². The average molecular weight is 207 g/mol. The molecule has 0 amide bonds. The maximum Gasteiger partial charge on any atom is 0.243 e. The Morgan fingerprint density at radius 3 is 2.60 bits per heavy atom. The van der Waals surface area contributed by atoms with Crippen LogP contribution >= 0.6 is 0 Å². The molecule has 0 atom stereocenters. The Labute approximate surface area is 87.1 Å². The summed E-state index contributed by atoms with van der Waals surface area (Å²) in [6, 6.07) is 0. The number of nitrogen functional groups attached to an aromatic ring is 1. The molecular formula is C9H13N5O. The van der Waals surface area contributed by atoms with Gasteiger partial charge >= 0.3 is 0 Å². The Kier molecular flexibility index (Phi) is 1.99. The Morgan fingerprint density at radius 2 is 2.13 bits per heavy atom. The molecule has 0 aromatic carbocycles. The number of nitrogens with zero attached hydrogens (tertiary/aromatic N) is 4. The Morgan fingerprint density at radius 1 is 1.40 bits per heavy atom. The molecule has 0 radical (unpaired) electrons. The van der Waals surface area contributed by atoms with Gasteiger partial charge < -0.3 is 10.2 Å². The van der Waals surface area contributed by atoms with Gasteiger partial charge in [0.15, 0.2) is 0 Å². The summed E-state index contributed by atoms with van der Waals surface area (Å²) in [5.74, 6) is 1.06. The Bertz CT molecular complexity index is 428. The van der Waals surface area contributed by atoms with Crippen molar-refractivity contribution < 1.29 is 4.42 Å². The van der Waals surface area contributed by atoms with Crippen LogP contribution in [-0.4, -0.2) is 20.0 Å². The van der Waals surface area contributed by atoms with E-state index >= 15 is 0 Å². The fourth-order valence-corrected chi connectivity index (χ4v) is 1.28. The van der Waals surface area contributed by atoms with E-state index in [-0.39, 0.29) is 0 Å². The smallest absolute Gasteiger partial charge is 0.243 e. The van der Waals surface area contributed by atoms with Gasteiger partial charge in [-0.3, -0.25) is 4.68 Å². The normalized spacial score (nSPS) is 11.9. The zero-order valence-electron chi connectivity index (χ0n) is 8.93. The molecule has 0 aliphatic rings. The number of rotatable bonds is 2. The number of anilines is 1. The van der Waals surface area contributed by atoms with Crippen molar-refractivity contribution in [2.45, 2.75) is 26.3 Å². The lowest BCUT2D eigenvalue weighted by atomic mass is 10.1. The van der Waals surface area contributed by atoms with E-state index in [1.54, 1.807) is 24.0 Å². The van der Waals surface area contributed by atoms with Gasteiger partial charge in [-0.2, -0.15) is 5.10 Å². The number of aryl methyl sites for hydroxylation is 1. The molecule has 0 fully saturated rings. The van der Waals surface area contributed by atoms with Crippen LogP contribution in [0.3, 0.4) is 0 Å². The van der Waals surface area contributed by atoms with E-state index in [0.29, 0.717) is 17.5 Å². The van der Waals surface area contributed by atoms with Gasteiger partial charge in [-0.1, -0.05) is 0 Å². The van der Waals surface area contributed by atoms with Crippen molar-refractivity contribution in [3.05, 3.63) is 24.2 Å². The molecule has 15 heavy (non-hydrogen) atoms. The lowest BCUT2D eigenvalue weighted by molar-refractivity contribution is 0.293. The van der Waals surface area contributed by atoms with Crippen molar-refractivity contribution in [1.82, 2.24) is 20.0 Å². The van der Waals surface area contributed by atoms with E-state index in [2.05, 4.69) is 15.3 Å². The molecule has 0 saturated carbocycles. The zero-order chi connectivity index (χ0) is 11.1. The van der Waals surface area contributed by atoms with Gasteiger partial charge in [-0.15, -0.1) is 10.2 Å². The van der Waals surface area contributed by atoms with E-state index in [1.807, 2.05) is 13.8 Å². The molecule has 2 aromatic heterocycles. The molecule has 80 valence electrons. The largest absolute Gasteiger partial charge is 0.423 e. The van der Waals surface area contributed by atoms with Crippen LogP contribution in [0.25, 0.3) is 0 Å². The van der Waals surface area contributed by atoms with Crippen molar-refractivity contribution >= 4 is 5.69 Å². The Hall–Kier alpha value is -1.85. The molecule has 0 aliphatic carbocycles. The predicted octanol–water partition coefficient (Wildman–Crippen LogP) is 0.940. The van der Waals surface area contributed by atoms with Gasteiger partial charge in [0.25, 0.3) is 0 Å². The van der Waals surface area contributed by atoms with Crippen molar-refractivity contribution in [3.63, 3.8) is 0 Å². The second-order valence-corrected chi connectivity index (χ2v) is 3.90. The highest BCUT2D eigenvalue weighted by Crippen LogP contribution is 2.23. The summed E-state index contributed by atoms with van der Waals surface area (Å²) in [4.78, 5) is 0. The van der Waals surface area contributed by atoms with Crippen molar-refractivity contribution in [2.24, 2.45) is 0 Å². The third-order valence-electron chi connectivity index (χ3n) is 2.22. The van der Waals surface area contributed by atoms with Gasteiger partial charge in [0.2, 0.25) is 11.8 Å². The summed E-state index contributed by atoms with van der Waals surface area (Å²) >= 11 is 0. The third kappa shape index (κ3) is 1.58. The van der Waals surface area contributed by atoms with Crippen molar-refractivity contribution in [2.75, 3.05) is 5.73 Å². The second kappa shape index (κ2) is 3.08. The highest BCUT2D eigenvalue weighted by Gasteiger charge is 2.29. The lowest BCUT2D eigenvalue weighted by Crippen LogP contribution is -2.28. The molecule has 6 heteroatoms. The van der Waals surface area contributed by atoms with E-state index in [0.717, 1.165) is 0 Å². The standard InChI is InChI=1S/C9H13N5O/c1-6-12-13-8(15-6)9(2,3)14-5-7(10)4-11-14/h4-5H,10H2,1-3H3. The monoisotopic (exact) mass is 207 g/mol. The van der Waals surface area contributed by atoms with Crippen LogP contribution < -0.4 is 5.73 Å². The summed E-state index contributed by atoms with van der Waals surface area (Å²) in [7, 11) is 0. The minimum atomic E-state index is -0.487. The fraction of sp³-hybridized carbons (Fsp3) is 0.444. The van der Waals surface area contributed by atoms with Crippen LogP contribution in [0.2, 0.25) is 0 Å². The van der Waals surface area contributed by atoms with Gasteiger partial charge in [-0.05, 0) is 13.8 Å². The molecule has 6 nitrogen and oxygen atoms in total. The van der Waals surface area contributed by atoms with E-state index in [9.17, 15) is 0 Å². The maximum atomic E-state index is 5.61. The number of nitrogens with two attached hydrogens (primary N) is 1. The molecule has 0 unspecified atom stereocenters. The fourth-order valence-electron chi connectivity index (χ4n) is 1.28. The highest BCUT2D eigenvalue weighted by atomic mass is 16.4. The molecule has 0 spiro atoms. The first-order valence-corrected chi connectivity index (χ1v) is 4.61. The van der Waals surface area contributed by atoms with E-state index < -0.39 is 5.54 Å². The number of hydrogen-bond donors (Lipinski definition) is 1.